The molecule has 0 radical (unpaired) electrons. The zero-order valence-corrected chi connectivity index (χ0v) is 16.1. The SMILES string of the molecule is COc1ccc(CNC(=O)C[NH+]2CCC(n3nnc4ccccc43)CC2)cc1. The molecule has 0 saturated carbocycles. The highest BCUT2D eigenvalue weighted by Gasteiger charge is 2.26. The summed E-state index contributed by atoms with van der Waals surface area (Å²) < 4.78 is 7.21. The third-order valence-corrected chi connectivity index (χ3v) is 5.44. The first kappa shape index (κ1) is 18.4. The summed E-state index contributed by atoms with van der Waals surface area (Å²) >= 11 is 0. The Bertz CT molecular complexity index is 929. The summed E-state index contributed by atoms with van der Waals surface area (Å²) in [5.74, 6) is 0.915. The van der Waals surface area contributed by atoms with Gasteiger partial charge < -0.3 is 15.0 Å². The first-order valence-electron chi connectivity index (χ1n) is 9.76. The van der Waals surface area contributed by atoms with Gasteiger partial charge in [0.2, 0.25) is 0 Å². The van der Waals surface area contributed by atoms with E-state index in [2.05, 4.69) is 26.4 Å². The standard InChI is InChI=1S/C21H25N5O2/c1-28-18-8-6-16(7-9-18)14-22-21(27)15-25-12-10-17(11-13-25)26-20-5-3-2-4-19(20)23-24-26/h2-9,17H,10-15H2,1H3,(H,22,27)/p+1. The Morgan fingerprint density at radius 2 is 1.93 bits per heavy atom. The number of quaternary nitrogens is 1. The number of likely N-dealkylation sites (tertiary alicyclic amines) is 1. The molecule has 3 aromatic rings. The van der Waals surface area contributed by atoms with E-state index in [0.717, 1.165) is 48.3 Å². The van der Waals surface area contributed by atoms with Gasteiger partial charge in [-0.3, -0.25) is 4.79 Å². The predicted octanol–water partition coefficient (Wildman–Crippen LogP) is 0.976. The van der Waals surface area contributed by atoms with Gasteiger partial charge in [0.1, 0.15) is 11.3 Å². The molecule has 2 aromatic carbocycles. The van der Waals surface area contributed by atoms with Crippen LogP contribution >= 0.6 is 0 Å². The quantitative estimate of drug-likeness (QED) is 0.669. The van der Waals surface area contributed by atoms with Crippen LogP contribution in [0.5, 0.6) is 5.75 Å². The van der Waals surface area contributed by atoms with Gasteiger partial charge in [0.15, 0.2) is 6.54 Å². The number of hydrogen-bond donors (Lipinski definition) is 2. The fourth-order valence-corrected chi connectivity index (χ4v) is 3.82. The molecule has 0 spiro atoms. The number of aromatic nitrogens is 3. The normalized spacial score (nSPS) is 19.5. The van der Waals surface area contributed by atoms with E-state index in [1.165, 1.54) is 4.90 Å². The summed E-state index contributed by atoms with van der Waals surface area (Å²) in [6.07, 6.45) is 2.02. The van der Waals surface area contributed by atoms with Crippen LogP contribution in [0.1, 0.15) is 24.4 Å². The molecule has 4 rings (SSSR count). The number of benzene rings is 2. The van der Waals surface area contributed by atoms with Crippen molar-refractivity contribution in [1.29, 1.82) is 0 Å². The topological polar surface area (TPSA) is 73.5 Å². The first-order chi connectivity index (χ1) is 13.7. The fourth-order valence-electron chi connectivity index (χ4n) is 3.82. The van der Waals surface area contributed by atoms with Crippen molar-refractivity contribution < 1.29 is 14.4 Å². The van der Waals surface area contributed by atoms with E-state index >= 15 is 0 Å². The Balaban J connectivity index is 1.25. The lowest BCUT2D eigenvalue weighted by atomic mass is 10.0. The van der Waals surface area contributed by atoms with Crippen molar-refractivity contribution in [2.24, 2.45) is 0 Å². The molecule has 146 valence electrons. The fraction of sp³-hybridized carbons (Fsp3) is 0.381. The second-order valence-electron chi connectivity index (χ2n) is 7.31. The van der Waals surface area contributed by atoms with Crippen LogP contribution in [0.3, 0.4) is 0 Å². The number of hydrogen-bond acceptors (Lipinski definition) is 4. The van der Waals surface area contributed by atoms with E-state index in [0.29, 0.717) is 19.1 Å². The van der Waals surface area contributed by atoms with Crippen molar-refractivity contribution in [3.05, 3.63) is 54.1 Å². The monoisotopic (exact) mass is 380 g/mol. The average Bonchev–Trinajstić information content (AvgIpc) is 3.17. The molecule has 0 bridgehead atoms. The number of carbonyl (C=O) groups excluding carboxylic acids is 1. The molecule has 28 heavy (non-hydrogen) atoms. The average molecular weight is 380 g/mol. The number of methoxy groups -OCH3 is 1. The second kappa shape index (κ2) is 8.39. The van der Waals surface area contributed by atoms with Gasteiger partial charge in [0.05, 0.1) is 31.8 Å². The van der Waals surface area contributed by atoms with Gasteiger partial charge in [-0.15, -0.1) is 5.10 Å². The summed E-state index contributed by atoms with van der Waals surface area (Å²) in [6.45, 7) is 2.99. The van der Waals surface area contributed by atoms with Gasteiger partial charge in [-0.05, 0) is 29.8 Å². The van der Waals surface area contributed by atoms with Crippen molar-refractivity contribution in [3.63, 3.8) is 0 Å². The maximum absolute atomic E-state index is 12.3. The third-order valence-electron chi connectivity index (χ3n) is 5.44. The molecule has 7 nitrogen and oxygen atoms in total. The van der Waals surface area contributed by atoms with Crippen molar-refractivity contribution >= 4 is 16.9 Å². The number of nitrogens with one attached hydrogen (secondary N) is 2. The molecule has 1 fully saturated rings. The number of fused-ring (bicyclic) bond motifs is 1. The molecule has 1 aliphatic rings. The van der Waals surface area contributed by atoms with Crippen molar-refractivity contribution in [1.82, 2.24) is 20.3 Å². The van der Waals surface area contributed by atoms with E-state index in [1.807, 2.05) is 42.5 Å². The number of para-hydroxylation sites is 1. The van der Waals surface area contributed by atoms with Gasteiger partial charge in [0.25, 0.3) is 5.91 Å². The number of piperidine rings is 1. The van der Waals surface area contributed by atoms with Crippen LogP contribution < -0.4 is 15.0 Å². The smallest absolute Gasteiger partial charge is 0.275 e. The number of nitrogens with zero attached hydrogens (tertiary/aromatic N) is 3. The largest absolute Gasteiger partial charge is 0.497 e. The lowest BCUT2D eigenvalue weighted by molar-refractivity contribution is -0.897. The third kappa shape index (κ3) is 4.14. The molecular weight excluding hydrogens is 354 g/mol. The number of carbonyl (C=O) groups is 1. The lowest BCUT2D eigenvalue weighted by Gasteiger charge is -2.29. The minimum Gasteiger partial charge on any atom is -0.497 e. The molecule has 1 saturated heterocycles. The zero-order valence-electron chi connectivity index (χ0n) is 16.1. The van der Waals surface area contributed by atoms with E-state index < -0.39 is 0 Å². The van der Waals surface area contributed by atoms with Crippen LogP contribution in [0.4, 0.5) is 0 Å². The Morgan fingerprint density at radius 3 is 2.68 bits per heavy atom. The molecule has 1 aromatic heterocycles. The Labute approximate surface area is 164 Å². The minimum atomic E-state index is 0.0930. The van der Waals surface area contributed by atoms with Crippen LogP contribution in [0.2, 0.25) is 0 Å². The predicted molar refractivity (Wildman–Crippen MR) is 106 cm³/mol. The van der Waals surface area contributed by atoms with E-state index in [4.69, 9.17) is 4.74 Å². The molecule has 7 heteroatoms. The van der Waals surface area contributed by atoms with Crippen molar-refractivity contribution in [2.45, 2.75) is 25.4 Å². The maximum atomic E-state index is 12.3. The molecule has 0 atom stereocenters. The van der Waals surface area contributed by atoms with Crippen molar-refractivity contribution in [3.8, 4) is 5.75 Å². The zero-order chi connectivity index (χ0) is 19.3. The summed E-state index contributed by atoms with van der Waals surface area (Å²) in [5.41, 5.74) is 3.10. The van der Waals surface area contributed by atoms with E-state index in [9.17, 15) is 4.79 Å². The number of rotatable bonds is 6. The molecule has 0 unspecified atom stereocenters. The van der Waals surface area contributed by atoms with Gasteiger partial charge in [-0.1, -0.05) is 29.5 Å². The minimum absolute atomic E-state index is 0.0930. The van der Waals surface area contributed by atoms with Crippen LogP contribution in [-0.4, -0.2) is 47.6 Å². The van der Waals surface area contributed by atoms with Crippen LogP contribution in [0.15, 0.2) is 48.5 Å². The van der Waals surface area contributed by atoms with Crippen LogP contribution in [0.25, 0.3) is 11.0 Å². The summed E-state index contributed by atoms with van der Waals surface area (Å²) in [4.78, 5) is 13.6. The number of amides is 1. The Hall–Kier alpha value is -2.93. The molecule has 1 aliphatic heterocycles. The van der Waals surface area contributed by atoms with Crippen molar-refractivity contribution in [2.75, 3.05) is 26.7 Å². The lowest BCUT2D eigenvalue weighted by Crippen LogP contribution is -3.14. The van der Waals surface area contributed by atoms with Crippen LogP contribution in [0, 0.1) is 0 Å². The second-order valence-corrected chi connectivity index (χ2v) is 7.31. The summed E-state index contributed by atoms with van der Waals surface area (Å²) in [6, 6.07) is 16.2. The highest BCUT2D eigenvalue weighted by atomic mass is 16.5. The van der Waals surface area contributed by atoms with E-state index in [1.54, 1.807) is 7.11 Å². The summed E-state index contributed by atoms with van der Waals surface area (Å²) in [7, 11) is 1.65. The van der Waals surface area contributed by atoms with Crippen LogP contribution in [-0.2, 0) is 11.3 Å². The summed E-state index contributed by atoms with van der Waals surface area (Å²) in [5, 5.41) is 11.6. The maximum Gasteiger partial charge on any atom is 0.275 e. The highest BCUT2D eigenvalue weighted by molar-refractivity contribution is 5.76. The Kier molecular flexibility index (Phi) is 5.53. The van der Waals surface area contributed by atoms with Gasteiger partial charge >= 0.3 is 0 Å². The molecule has 2 heterocycles. The Morgan fingerprint density at radius 1 is 1.18 bits per heavy atom. The van der Waals surface area contributed by atoms with Gasteiger partial charge in [-0.25, -0.2) is 4.68 Å². The molecule has 2 N–H and O–H groups in total. The molecule has 1 amide bonds. The molecular formula is C21H26N5O2+. The number of ether oxygens (including phenoxy) is 1. The molecule has 0 aliphatic carbocycles. The first-order valence-corrected chi connectivity index (χ1v) is 9.76. The van der Waals surface area contributed by atoms with Gasteiger partial charge in [-0.2, -0.15) is 0 Å². The highest BCUT2D eigenvalue weighted by Crippen LogP contribution is 2.21. The van der Waals surface area contributed by atoms with Gasteiger partial charge in [0, 0.05) is 19.4 Å². The van der Waals surface area contributed by atoms with E-state index in [-0.39, 0.29) is 5.91 Å².